The molecule has 3 rings (SSSR count). The zero-order chi connectivity index (χ0) is 22.4. The van der Waals surface area contributed by atoms with Gasteiger partial charge in [-0.1, -0.05) is 42.3 Å². The van der Waals surface area contributed by atoms with Crippen LogP contribution in [0.4, 0.5) is 5.69 Å². The topological polar surface area (TPSA) is 64.6 Å². The molecule has 160 valence electrons. The summed E-state index contributed by atoms with van der Waals surface area (Å²) in [5.74, 6) is 0.00922. The molecule has 7 heteroatoms. The highest BCUT2D eigenvalue weighted by Gasteiger charge is 2.18. The van der Waals surface area contributed by atoms with Gasteiger partial charge in [0, 0.05) is 10.6 Å². The van der Waals surface area contributed by atoms with Crippen LogP contribution in [-0.2, 0) is 11.2 Å². The van der Waals surface area contributed by atoms with Crippen LogP contribution in [0.5, 0.6) is 11.5 Å². The van der Waals surface area contributed by atoms with Crippen LogP contribution in [0.1, 0.15) is 29.8 Å². The highest BCUT2D eigenvalue weighted by molar-refractivity contribution is 6.35. The van der Waals surface area contributed by atoms with Crippen molar-refractivity contribution in [1.29, 1.82) is 0 Å². The standard InChI is InChI=1S/C24H21Cl2NO4/c1-3-16-5-4-6-20(13-16)30-15(2)24(29)31-19-10-7-17(8-11-19)23(28)27-22-14-18(25)9-12-21(22)26/h4-15H,3H2,1-2H3,(H,27,28). The summed E-state index contributed by atoms with van der Waals surface area (Å²) in [6.07, 6.45) is 0.0829. The molecule has 1 unspecified atom stereocenters. The molecule has 3 aromatic carbocycles. The quantitative estimate of drug-likeness (QED) is 0.339. The number of benzene rings is 3. The summed E-state index contributed by atoms with van der Waals surface area (Å²) in [6, 6.07) is 18.5. The Balaban J connectivity index is 1.59. The number of ether oxygens (including phenoxy) is 2. The SMILES string of the molecule is CCc1cccc(OC(C)C(=O)Oc2ccc(C(=O)Nc3cc(Cl)ccc3Cl)cc2)c1. The van der Waals surface area contributed by atoms with Crippen molar-refractivity contribution >= 4 is 40.8 Å². The van der Waals surface area contributed by atoms with Gasteiger partial charge in [-0.15, -0.1) is 0 Å². The average Bonchev–Trinajstić information content (AvgIpc) is 2.76. The summed E-state index contributed by atoms with van der Waals surface area (Å²) in [4.78, 5) is 24.8. The van der Waals surface area contributed by atoms with Gasteiger partial charge in [0.1, 0.15) is 11.5 Å². The third-order valence-electron chi connectivity index (χ3n) is 4.46. The third kappa shape index (κ3) is 6.23. The van der Waals surface area contributed by atoms with Gasteiger partial charge in [-0.3, -0.25) is 4.79 Å². The average molecular weight is 458 g/mol. The van der Waals surface area contributed by atoms with Crippen LogP contribution in [0.25, 0.3) is 0 Å². The second kappa shape index (κ2) is 10.3. The molecule has 0 fully saturated rings. The Morgan fingerprint density at radius 3 is 2.42 bits per heavy atom. The third-order valence-corrected chi connectivity index (χ3v) is 5.03. The van der Waals surface area contributed by atoms with E-state index in [2.05, 4.69) is 5.32 Å². The minimum Gasteiger partial charge on any atom is -0.479 e. The first-order valence-electron chi connectivity index (χ1n) is 9.69. The maximum absolute atomic E-state index is 12.4. The Kier molecular flexibility index (Phi) is 7.55. The van der Waals surface area contributed by atoms with Crippen molar-refractivity contribution in [2.75, 3.05) is 5.32 Å². The van der Waals surface area contributed by atoms with Crippen molar-refractivity contribution in [2.45, 2.75) is 26.4 Å². The zero-order valence-electron chi connectivity index (χ0n) is 17.0. The van der Waals surface area contributed by atoms with Crippen molar-refractivity contribution in [3.63, 3.8) is 0 Å². The van der Waals surface area contributed by atoms with Crippen LogP contribution in [0.15, 0.2) is 66.7 Å². The van der Waals surface area contributed by atoms with Gasteiger partial charge in [-0.2, -0.15) is 0 Å². The molecule has 1 atom stereocenters. The molecule has 1 amide bonds. The number of hydrogen-bond donors (Lipinski definition) is 1. The van der Waals surface area contributed by atoms with E-state index in [-0.39, 0.29) is 5.91 Å². The molecule has 0 radical (unpaired) electrons. The molecule has 0 aliphatic rings. The number of halogens is 2. The smallest absolute Gasteiger partial charge is 0.352 e. The van der Waals surface area contributed by atoms with E-state index in [0.29, 0.717) is 32.8 Å². The summed E-state index contributed by atoms with van der Waals surface area (Å²) in [5, 5.41) is 3.53. The van der Waals surface area contributed by atoms with Crippen LogP contribution < -0.4 is 14.8 Å². The highest BCUT2D eigenvalue weighted by atomic mass is 35.5. The lowest BCUT2D eigenvalue weighted by molar-refractivity contribution is -0.141. The number of hydrogen-bond acceptors (Lipinski definition) is 4. The van der Waals surface area contributed by atoms with E-state index >= 15 is 0 Å². The van der Waals surface area contributed by atoms with Gasteiger partial charge in [0.2, 0.25) is 0 Å². The van der Waals surface area contributed by atoms with Crippen molar-refractivity contribution < 1.29 is 19.1 Å². The molecule has 31 heavy (non-hydrogen) atoms. The molecule has 3 aromatic rings. The zero-order valence-corrected chi connectivity index (χ0v) is 18.5. The summed E-state index contributed by atoms with van der Waals surface area (Å²) in [6.45, 7) is 3.67. The highest BCUT2D eigenvalue weighted by Crippen LogP contribution is 2.26. The van der Waals surface area contributed by atoms with Gasteiger partial charge in [0.05, 0.1) is 10.7 Å². The van der Waals surface area contributed by atoms with Crippen LogP contribution >= 0.6 is 23.2 Å². The lowest BCUT2D eigenvalue weighted by Crippen LogP contribution is -2.28. The van der Waals surface area contributed by atoms with Crippen LogP contribution in [0.2, 0.25) is 10.0 Å². The molecule has 0 saturated carbocycles. The number of aryl methyl sites for hydroxylation is 1. The maximum Gasteiger partial charge on any atom is 0.352 e. The lowest BCUT2D eigenvalue weighted by atomic mass is 10.2. The molecule has 0 aliphatic carbocycles. The molecule has 5 nitrogen and oxygen atoms in total. The molecule has 0 bridgehead atoms. The summed E-state index contributed by atoms with van der Waals surface area (Å²) in [5.41, 5.74) is 1.90. The van der Waals surface area contributed by atoms with Gasteiger partial charge in [-0.25, -0.2) is 4.79 Å². The van der Waals surface area contributed by atoms with Gasteiger partial charge < -0.3 is 14.8 Å². The van der Waals surface area contributed by atoms with Crippen molar-refractivity contribution in [3.05, 3.63) is 87.9 Å². The fourth-order valence-corrected chi connectivity index (χ4v) is 3.09. The normalized spacial score (nSPS) is 11.5. The van der Waals surface area contributed by atoms with E-state index in [4.69, 9.17) is 32.7 Å². The van der Waals surface area contributed by atoms with Crippen molar-refractivity contribution in [1.82, 2.24) is 0 Å². The second-order valence-corrected chi connectivity index (χ2v) is 7.63. The van der Waals surface area contributed by atoms with E-state index in [9.17, 15) is 9.59 Å². The predicted octanol–water partition coefficient (Wildman–Crippen LogP) is 6.18. The Morgan fingerprint density at radius 2 is 1.71 bits per heavy atom. The van der Waals surface area contributed by atoms with Crippen molar-refractivity contribution in [3.8, 4) is 11.5 Å². The van der Waals surface area contributed by atoms with Crippen LogP contribution in [-0.4, -0.2) is 18.0 Å². The number of amides is 1. The number of esters is 1. The first-order valence-corrected chi connectivity index (χ1v) is 10.4. The molecule has 0 saturated heterocycles. The molecule has 0 aliphatic heterocycles. The Labute approximate surface area is 190 Å². The fourth-order valence-electron chi connectivity index (χ4n) is 2.75. The predicted molar refractivity (Wildman–Crippen MR) is 122 cm³/mol. The maximum atomic E-state index is 12.4. The van der Waals surface area contributed by atoms with Gasteiger partial charge in [-0.05, 0) is 73.5 Å². The Hall–Kier alpha value is -3.02. The molecule has 1 N–H and O–H groups in total. The number of nitrogens with one attached hydrogen (secondary N) is 1. The van der Waals surface area contributed by atoms with Crippen LogP contribution in [0, 0.1) is 0 Å². The molecular weight excluding hydrogens is 437 g/mol. The molecular formula is C24H21Cl2NO4. The largest absolute Gasteiger partial charge is 0.479 e. The molecule has 0 spiro atoms. The van der Waals surface area contributed by atoms with E-state index in [1.165, 1.54) is 12.1 Å². The van der Waals surface area contributed by atoms with Crippen LogP contribution in [0.3, 0.4) is 0 Å². The van der Waals surface area contributed by atoms with E-state index in [1.807, 2.05) is 25.1 Å². The van der Waals surface area contributed by atoms with E-state index < -0.39 is 12.1 Å². The number of carbonyl (C=O) groups excluding carboxylic acids is 2. The number of anilines is 1. The van der Waals surface area contributed by atoms with E-state index in [1.54, 1.807) is 43.3 Å². The number of rotatable bonds is 7. The first-order chi connectivity index (χ1) is 14.9. The minimum absolute atomic E-state index is 0.306. The second-order valence-electron chi connectivity index (χ2n) is 6.78. The Bertz CT molecular complexity index is 1080. The van der Waals surface area contributed by atoms with Gasteiger partial charge in [0.25, 0.3) is 5.91 Å². The lowest BCUT2D eigenvalue weighted by Gasteiger charge is -2.14. The molecule has 0 heterocycles. The van der Waals surface area contributed by atoms with Crippen molar-refractivity contribution in [2.24, 2.45) is 0 Å². The summed E-state index contributed by atoms with van der Waals surface area (Å²) >= 11 is 12.0. The monoisotopic (exact) mass is 457 g/mol. The summed E-state index contributed by atoms with van der Waals surface area (Å²) in [7, 11) is 0. The minimum atomic E-state index is -0.792. The molecule has 0 aromatic heterocycles. The number of carbonyl (C=O) groups is 2. The Morgan fingerprint density at radius 1 is 0.968 bits per heavy atom. The van der Waals surface area contributed by atoms with Gasteiger partial charge >= 0.3 is 5.97 Å². The first kappa shape index (κ1) is 22.7. The fraction of sp³-hybridized carbons (Fsp3) is 0.167. The van der Waals surface area contributed by atoms with Gasteiger partial charge in [0.15, 0.2) is 6.10 Å². The summed E-state index contributed by atoms with van der Waals surface area (Å²) < 4.78 is 11.0. The van der Waals surface area contributed by atoms with E-state index in [0.717, 1.165) is 12.0 Å².